The van der Waals surface area contributed by atoms with Crippen molar-refractivity contribution in [3.63, 3.8) is 0 Å². The molecule has 0 saturated carbocycles. The quantitative estimate of drug-likeness (QED) is 0.697. The fourth-order valence-electron chi connectivity index (χ4n) is 2.52. The maximum Gasteiger partial charge on any atom is 0.319 e. The Morgan fingerprint density at radius 1 is 1.41 bits per heavy atom. The van der Waals surface area contributed by atoms with Gasteiger partial charge in [-0.05, 0) is 19.8 Å². The molecule has 0 aliphatic carbocycles. The Morgan fingerprint density at radius 3 is 2.53 bits per heavy atom. The highest BCUT2D eigenvalue weighted by molar-refractivity contribution is 5.82. The van der Waals surface area contributed by atoms with Gasteiger partial charge < -0.3 is 14.6 Å². The van der Waals surface area contributed by atoms with E-state index >= 15 is 0 Å². The minimum absolute atomic E-state index is 0.114. The van der Waals surface area contributed by atoms with Gasteiger partial charge in [0, 0.05) is 39.5 Å². The van der Waals surface area contributed by atoms with Crippen molar-refractivity contribution in [1.29, 1.82) is 0 Å². The first-order valence-corrected chi connectivity index (χ1v) is 6.23. The molecule has 2 amide bonds. The SMILES string of the molecule is CC1=NOC(C2CCN(C(=O)N(C)C)CC2)C1. The first-order chi connectivity index (χ1) is 8.08. The number of nitrogens with zero attached hydrogens (tertiary/aromatic N) is 3. The second kappa shape index (κ2) is 4.94. The lowest BCUT2D eigenvalue weighted by molar-refractivity contribution is 0.0171. The molecule has 1 unspecified atom stereocenters. The Kier molecular flexibility index (Phi) is 3.54. The number of likely N-dealkylation sites (tertiary alicyclic amines) is 1. The number of carbonyl (C=O) groups is 1. The topological polar surface area (TPSA) is 45.1 Å². The van der Waals surface area contributed by atoms with Crippen LogP contribution in [0.5, 0.6) is 0 Å². The molecule has 0 spiro atoms. The second-order valence-electron chi connectivity index (χ2n) is 5.18. The van der Waals surface area contributed by atoms with Crippen LogP contribution in [0.2, 0.25) is 0 Å². The van der Waals surface area contributed by atoms with Crippen molar-refractivity contribution in [1.82, 2.24) is 9.80 Å². The summed E-state index contributed by atoms with van der Waals surface area (Å²) in [7, 11) is 3.59. The van der Waals surface area contributed by atoms with Gasteiger partial charge in [0.15, 0.2) is 0 Å². The van der Waals surface area contributed by atoms with Gasteiger partial charge >= 0.3 is 6.03 Å². The first-order valence-electron chi connectivity index (χ1n) is 6.23. The number of urea groups is 1. The molecule has 0 aromatic heterocycles. The fraction of sp³-hybridized carbons (Fsp3) is 0.833. The van der Waals surface area contributed by atoms with E-state index in [2.05, 4.69) is 5.16 Å². The highest BCUT2D eigenvalue weighted by Crippen LogP contribution is 2.28. The normalized spacial score (nSPS) is 25.5. The monoisotopic (exact) mass is 239 g/mol. The lowest BCUT2D eigenvalue weighted by Crippen LogP contribution is -2.45. The molecule has 5 nitrogen and oxygen atoms in total. The molecule has 96 valence electrons. The van der Waals surface area contributed by atoms with Gasteiger partial charge in [0.1, 0.15) is 6.10 Å². The van der Waals surface area contributed by atoms with Crippen molar-refractivity contribution < 1.29 is 9.63 Å². The van der Waals surface area contributed by atoms with Crippen LogP contribution in [0.25, 0.3) is 0 Å². The fourth-order valence-corrected chi connectivity index (χ4v) is 2.52. The molecule has 2 heterocycles. The number of hydrogen-bond donors (Lipinski definition) is 0. The third kappa shape index (κ3) is 2.70. The summed E-state index contributed by atoms with van der Waals surface area (Å²) in [6, 6.07) is 0.114. The molecule has 1 atom stereocenters. The minimum Gasteiger partial charge on any atom is -0.392 e. The maximum absolute atomic E-state index is 11.8. The van der Waals surface area contributed by atoms with E-state index in [0.717, 1.165) is 38.1 Å². The zero-order valence-electron chi connectivity index (χ0n) is 10.8. The summed E-state index contributed by atoms with van der Waals surface area (Å²) < 4.78 is 0. The van der Waals surface area contributed by atoms with Crippen LogP contribution in [-0.4, -0.2) is 54.8 Å². The maximum atomic E-state index is 11.8. The highest BCUT2D eigenvalue weighted by atomic mass is 16.6. The van der Waals surface area contributed by atoms with Crippen LogP contribution in [0, 0.1) is 5.92 Å². The predicted molar refractivity (Wildman–Crippen MR) is 66.0 cm³/mol. The smallest absolute Gasteiger partial charge is 0.319 e. The summed E-state index contributed by atoms with van der Waals surface area (Å²) in [5, 5.41) is 4.00. The van der Waals surface area contributed by atoms with Crippen LogP contribution < -0.4 is 0 Å². The van der Waals surface area contributed by atoms with Crippen LogP contribution in [0.15, 0.2) is 5.16 Å². The molecule has 0 N–H and O–H groups in total. The van der Waals surface area contributed by atoms with Gasteiger partial charge in [0.2, 0.25) is 0 Å². The first kappa shape index (κ1) is 12.2. The Bertz CT molecular complexity index is 320. The van der Waals surface area contributed by atoms with E-state index in [1.165, 1.54) is 0 Å². The van der Waals surface area contributed by atoms with Gasteiger partial charge in [-0.1, -0.05) is 5.16 Å². The number of piperidine rings is 1. The molecule has 0 aromatic carbocycles. The van der Waals surface area contributed by atoms with Crippen LogP contribution in [0.1, 0.15) is 26.2 Å². The van der Waals surface area contributed by atoms with E-state index in [1.54, 1.807) is 19.0 Å². The van der Waals surface area contributed by atoms with Crippen molar-refractivity contribution in [2.24, 2.45) is 11.1 Å². The lowest BCUT2D eigenvalue weighted by Gasteiger charge is -2.35. The van der Waals surface area contributed by atoms with Gasteiger partial charge in [0.25, 0.3) is 0 Å². The van der Waals surface area contributed by atoms with Crippen LogP contribution in [-0.2, 0) is 4.84 Å². The van der Waals surface area contributed by atoms with Crippen molar-refractivity contribution >= 4 is 11.7 Å². The number of rotatable bonds is 1. The standard InChI is InChI=1S/C12H21N3O2/c1-9-8-11(17-13-9)10-4-6-15(7-5-10)12(16)14(2)3/h10-11H,4-8H2,1-3H3. The van der Waals surface area contributed by atoms with Crippen molar-refractivity contribution in [2.75, 3.05) is 27.2 Å². The zero-order chi connectivity index (χ0) is 12.4. The highest BCUT2D eigenvalue weighted by Gasteiger charge is 2.32. The van der Waals surface area contributed by atoms with Gasteiger partial charge in [0.05, 0.1) is 5.71 Å². The average molecular weight is 239 g/mol. The molecule has 0 bridgehead atoms. The van der Waals surface area contributed by atoms with E-state index < -0.39 is 0 Å². The van der Waals surface area contributed by atoms with Gasteiger partial charge in [-0.3, -0.25) is 0 Å². The molecule has 0 radical (unpaired) electrons. The summed E-state index contributed by atoms with van der Waals surface area (Å²) in [4.78, 5) is 20.8. The molecular formula is C12H21N3O2. The average Bonchev–Trinajstić information content (AvgIpc) is 2.75. The number of hydrogen-bond acceptors (Lipinski definition) is 3. The third-order valence-corrected chi connectivity index (χ3v) is 3.56. The molecule has 2 rings (SSSR count). The number of oxime groups is 1. The molecule has 5 heteroatoms. The summed E-state index contributed by atoms with van der Waals surface area (Å²) in [5.41, 5.74) is 1.08. The van der Waals surface area contributed by atoms with E-state index in [0.29, 0.717) is 5.92 Å². The van der Waals surface area contributed by atoms with Crippen molar-refractivity contribution in [3.8, 4) is 0 Å². The molecule has 0 aromatic rings. The summed E-state index contributed by atoms with van der Waals surface area (Å²) >= 11 is 0. The van der Waals surface area contributed by atoms with Gasteiger partial charge in [-0.15, -0.1) is 0 Å². The minimum atomic E-state index is 0.114. The molecule has 1 fully saturated rings. The van der Waals surface area contributed by atoms with E-state index in [-0.39, 0.29) is 12.1 Å². The second-order valence-corrected chi connectivity index (χ2v) is 5.18. The largest absolute Gasteiger partial charge is 0.392 e. The predicted octanol–water partition coefficient (Wildman–Crippen LogP) is 1.54. The molecule has 2 aliphatic rings. The number of amides is 2. The van der Waals surface area contributed by atoms with Crippen LogP contribution in [0.4, 0.5) is 4.79 Å². The van der Waals surface area contributed by atoms with Crippen LogP contribution in [0.3, 0.4) is 0 Å². The van der Waals surface area contributed by atoms with Gasteiger partial charge in [-0.25, -0.2) is 4.79 Å². The molecule has 2 aliphatic heterocycles. The Balaban J connectivity index is 1.80. The Labute approximate surface area is 102 Å². The lowest BCUT2D eigenvalue weighted by atomic mass is 9.89. The summed E-state index contributed by atoms with van der Waals surface area (Å²) in [6.07, 6.45) is 3.23. The van der Waals surface area contributed by atoms with Crippen LogP contribution >= 0.6 is 0 Å². The Hall–Kier alpha value is -1.26. The molecule has 1 saturated heterocycles. The zero-order valence-corrected chi connectivity index (χ0v) is 10.8. The van der Waals surface area contributed by atoms with Crippen molar-refractivity contribution in [2.45, 2.75) is 32.3 Å². The molecular weight excluding hydrogens is 218 g/mol. The molecule has 17 heavy (non-hydrogen) atoms. The van der Waals surface area contributed by atoms with E-state index in [9.17, 15) is 4.79 Å². The van der Waals surface area contributed by atoms with E-state index in [4.69, 9.17) is 4.84 Å². The summed E-state index contributed by atoms with van der Waals surface area (Å²) in [5.74, 6) is 0.544. The number of carbonyl (C=O) groups excluding carboxylic acids is 1. The van der Waals surface area contributed by atoms with Crippen molar-refractivity contribution in [3.05, 3.63) is 0 Å². The third-order valence-electron chi connectivity index (χ3n) is 3.56. The van der Waals surface area contributed by atoms with E-state index in [1.807, 2.05) is 11.8 Å². The Morgan fingerprint density at radius 2 is 2.06 bits per heavy atom. The summed E-state index contributed by atoms with van der Waals surface area (Å²) in [6.45, 7) is 3.67. The van der Waals surface area contributed by atoms with Gasteiger partial charge in [-0.2, -0.15) is 0 Å².